The zero-order valence-electron chi connectivity index (χ0n) is 14.1. The molecule has 1 N–H and O–H groups in total. The van der Waals surface area contributed by atoms with E-state index < -0.39 is 9.84 Å². The fraction of sp³-hybridized carbons (Fsp3) is 0.933. The van der Waals surface area contributed by atoms with Crippen LogP contribution in [0.1, 0.15) is 19.8 Å². The van der Waals surface area contributed by atoms with E-state index in [1.54, 1.807) is 0 Å². The molecule has 2 atom stereocenters. The molecule has 7 nitrogen and oxygen atoms in total. The highest BCUT2D eigenvalue weighted by molar-refractivity contribution is 7.91. The second-order valence-corrected chi connectivity index (χ2v) is 8.94. The molecule has 23 heavy (non-hydrogen) atoms. The molecule has 0 aliphatic carbocycles. The van der Waals surface area contributed by atoms with Crippen molar-refractivity contribution in [3.63, 3.8) is 0 Å². The van der Waals surface area contributed by atoms with Gasteiger partial charge in [0.05, 0.1) is 24.2 Å². The largest absolute Gasteiger partial charge is 0.392 e. The average Bonchev–Trinajstić information content (AvgIpc) is 2.88. The number of piperazine rings is 1. The van der Waals surface area contributed by atoms with E-state index in [2.05, 4.69) is 4.90 Å². The maximum atomic E-state index is 12.4. The van der Waals surface area contributed by atoms with Crippen molar-refractivity contribution in [2.45, 2.75) is 31.9 Å². The van der Waals surface area contributed by atoms with Crippen LogP contribution in [-0.2, 0) is 14.6 Å². The summed E-state index contributed by atoms with van der Waals surface area (Å²) in [5.74, 6) is 0.459. The van der Waals surface area contributed by atoms with Crippen molar-refractivity contribution in [1.29, 1.82) is 0 Å². The molecule has 0 radical (unpaired) electrons. The van der Waals surface area contributed by atoms with E-state index in [1.807, 2.05) is 23.8 Å². The summed E-state index contributed by atoms with van der Waals surface area (Å²) in [5.41, 5.74) is 0. The van der Waals surface area contributed by atoms with Crippen LogP contribution in [-0.4, -0.2) is 104 Å². The summed E-state index contributed by atoms with van der Waals surface area (Å²) >= 11 is 0. The molecule has 0 spiro atoms. The predicted octanol–water partition coefficient (Wildman–Crippen LogP) is -0.980. The Morgan fingerprint density at radius 2 is 1.96 bits per heavy atom. The van der Waals surface area contributed by atoms with Crippen LogP contribution in [0.5, 0.6) is 0 Å². The molecule has 2 aliphatic rings. The van der Waals surface area contributed by atoms with Crippen LogP contribution < -0.4 is 0 Å². The quantitative estimate of drug-likeness (QED) is 0.665. The molecule has 0 aromatic heterocycles. The first-order valence-corrected chi connectivity index (χ1v) is 10.2. The van der Waals surface area contributed by atoms with Crippen LogP contribution in [0.4, 0.5) is 0 Å². The Kier molecular flexibility index (Phi) is 6.41. The summed E-state index contributed by atoms with van der Waals surface area (Å²) in [7, 11) is -1.09. The number of aliphatic hydroxyl groups excluding tert-OH is 1. The minimum atomic E-state index is -2.92. The number of nitrogens with zero attached hydrogens (tertiary/aromatic N) is 3. The van der Waals surface area contributed by atoms with Gasteiger partial charge in [-0.05, 0) is 19.9 Å². The van der Waals surface area contributed by atoms with Crippen molar-refractivity contribution in [3.05, 3.63) is 0 Å². The number of sulfone groups is 1. The van der Waals surface area contributed by atoms with Gasteiger partial charge in [-0.3, -0.25) is 14.6 Å². The standard InChI is InChI=1S/C15H29N3O4S/c1-3-14(19)10-17-5-7-18(8-6-17)15(20)11-16(2)13-4-9-23(21,22)12-13/h13-14,19H,3-12H2,1-2H3. The topological polar surface area (TPSA) is 81.2 Å². The average molecular weight is 347 g/mol. The summed E-state index contributed by atoms with van der Waals surface area (Å²) in [6, 6.07) is -0.0371. The molecule has 134 valence electrons. The number of carbonyl (C=O) groups excluding carboxylic acids is 1. The zero-order chi connectivity index (χ0) is 17.0. The molecule has 2 heterocycles. The minimum Gasteiger partial charge on any atom is -0.392 e. The highest BCUT2D eigenvalue weighted by Gasteiger charge is 2.32. The molecule has 0 aromatic rings. The maximum absolute atomic E-state index is 12.4. The summed E-state index contributed by atoms with van der Waals surface area (Å²) in [6.07, 6.45) is 1.07. The SMILES string of the molecule is CCC(O)CN1CCN(C(=O)CN(C)C2CCS(=O)(=O)C2)CC1. The smallest absolute Gasteiger partial charge is 0.236 e. The van der Waals surface area contributed by atoms with Gasteiger partial charge in [0.25, 0.3) is 0 Å². The lowest BCUT2D eigenvalue weighted by Gasteiger charge is -2.36. The Balaban J connectivity index is 1.75. The van der Waals surface area contributed by atoms with E-state index in [4.69, 9.17) is 0 Å². The molecular formula is C15H29N3O4S. The molecule has 2 aliphatic heterocycles. The van der Waals surface area contributed by atoms with Crippen molar-refractivity contribution >= 4 is 15.7 Å². The third kappa shape index (κ3) is 5.41. The molecule has 0 saturated carbocycles. The summed E-state index contributed by atoms with van der Waals surface area (Å²) < 4.78 is 23.1. The number of hydrogen-bond donors (Lipinski definition) is 1. The van der Waals surface area contributed by atoms with Gasteiger partial charge in [0.15, 0.2) is 9.84 Å². The molecule has 2 unspecified atom stereocenters. The third-order valence-electron chi connectivity index (χ3n) is 4.88. The van der Waals surface area contributed by atoms with Crippen LogP contribution >= 0.6 is 0 Å². The Bertz CT molecular complexity index is 503. The lowest BCUT2D eigenvalue weighted by atomic mass is 10.2. The van der Waals surface area contributed by atoms with Crippen LogP contribution in [0.3, 0.4) is 0 Å². The number of likely N-dealkylation sites (N-methyl/N-ethyl adjacent to an activating group) is 1. The van der Waals surface area contributed by atoms with Crippen LogP contribution in [0.2, 0.25) is 0 Å². The molecule has 2 rings (SSSR count). The number of hydrogen-bond acceptors (Lipinski definition) is 6. The van der Waals surface area contributed by atoms with E-state index >= 15 is 0 Å². The molecule has 8 heteroatoms. The summed E-state index contributed by atoms with van der Waals surface area (Å²) in [4.78, 5) is 18.3. The van der Waals surface area contributed by atoms with Crippen LogP contribution in [0, 0.1) is 0 Å². The van der Waals surface area contributed by atoms with Gasteiger partial charge in [-0.2, -0.15) is 0 Å². The van der Waals surface area contributed by atoms with Gasteiger partial charge in [0, 0.05) is 38.8 Å². The fourth-order valence-corrected chi connectivity index (χ4v) is 4.98. The lowest BCUT2D eigenvalue weighted by Crippen LogP contribution is -2.52. The molecule has 0 bridgehead atoms. The second-order valence-electron chi connectivity index (χ2n) is 6.72. The number of rotatable bonds is 6. The third-order valence-corrected chi connectivity index (χ3v) is 6.63. The molecule has 2 saturated heterocycles. The molecule has 1 amide bonds. The Labute approximate surface area is 139 Å². The Morgan fingerprint density at radius 1 is 1.30 bits per heavy atom. The highest BCUT2D eigenvalue weighted by Crippen LogP contribution is 2.16. The first-order chi connectivity index (χ1) is 10.8. The van der Waals surface area contributed by atoms with Crippen molar-refractivity contribution in [1.82, 2.24) is 14.7 Å². The number of amides is 1. The number of aliphatic hydroxyl groups is 1. The van der Waals surface area contributed by atoms with Gasteiger partial charge in [0.2, 0.25) is 5.91 Å². The van der Waals surface area contributed by atoms with E-state index in [0.29, 0.717) is 26.1 Å². The maximum Gasteiger partial charge on any atom is 0.236 e. The second kappa shape index (κ2) is 7.92. The van der Waals surface area contributed by atoms with Gasteiger partial charge in [0.1, 0.15) is 0 Å². The van der Waals surface area contributed by atoms with E-state index in [0.717, 1.165) is 19.5 Å². The molecular weight excluding hydrogens is 318 g/mol. The van der Waals surface area contributed by atoms with Gasteiger partial charge in [-0.1, -0.05) is 6.92 Å². The summed E-state index contributed by atoms with van der Waals surface area (Å²) in [5, 5.41) is 9.69. The van der Waals surface area contributed by atoms with Crippen molar-refractivity contribution < 1.29 is 18.3 Å². The lowest BCUT2D eigenvalue weighted by molar-refractivity contribution is -0.134. The van der Waals surface area contributed by atoms with E-state index in [-0.39, 0.29) is 36.1 Å². The highest BCUT2D eigenvalue weighted by atomic mass is 32.2. The molecule has 0 aromatic carbocycles. The number of β-amino-alcohol motifs (C(OH)–C–C–N with tert-alkyl or cyclic N) is 1. The van der Waals surface area contributed by atoms with Crippen LogP contribution in [0.25, 0.3) is 0 Å². The number of carbonyl (C=O) groups is 1. The first kappa shape index (κ1) is 18.6. The van der Waals surface area contributed by atoms with Crippen LogP contribution in [0.15, 0.2) is 0 Å². The van der Waals surface area contributed by atoms with E-state index in [9.17, 15) is 18.3 Å². The van der Waals surface area contributed by atoms with Gasteiger partial charge in [-0.15, -0.1) is 0 Å². The first-order valence-electron chi connectivity index (χ1n) is 8.39. The Hall–Kier alpha value is -0.700. The predicted molar refractivity (Wildman–Crippen MR) is 89.0 cm³/mol. The van der Waals surface area contributed by atoms with Crippen molar-refractivity contribution in [2.75, 3.05) is 57.8 Å². The van der Waals surface area contributed by atoms with Crippen molar-refractivity contribution in [2.24, 2.45) is 0 Å². The summed E-state index contributed by atoms with van der Waals surface area (Å²) in [6.45, 7) is 5.81. The van der Waals surface area contributed by atoms with Crippen molar-refractivity contribution in [3.8, 4) is 0 Å². The Morgan fingerprint density at radius 3 is 2.48 bits per heavy atom. The molecule has 2 fully saturated rings. The van der Waals surface area contributed by atoms with Gasteiger partial charge < -0.3 is 10.0 Å². The van der Waals surface area contributed by atoms with Gasteiger partial charge >= 0.3 is 0 Å². The van der Waals surface area contributed by atoms with E-state index in [1.165, 1.54) is 0 Å². The normalized spacial score (nSPS) is 26.6. The zero-order valence-corrected chi connectivity index (χ0v) is 15.0. The monoisotopic (exact) mass is 347 g/mol. The fourth-order valence-electron chi connectivity index (χ4n) is 3.17. The van der Waals surface area contributed by atoms with Gasteiger partial charge in [-0.25, -0.2) is 8.42 Å². The minimum absolute atomic E-state index is 0.0371.